The molecular formula is C11H14N2O4S. The predicted molar refractivity (Wildman–Crippen MR) is 67.6 cm³/mol. The number of carbonyl (C=O) groups excluding carboxylic acids is 3. The van der Waals surface area contributed by atoms with Gasteiger partial charge in [0.25, 0.3) is 5.91 Å². The first-order chi connectivity index (χ1) is 8.52. The van der Waals surface area contributed by atoms with Crippen molar-refractivity contribution in [3.8, 4) is 0 Å². The van der Waals surface area contributed by atoms with Gasteiger partial charge in [-0.3, -0.25) is 14.4 Å². The SMILES string of the molecule is CCOC(=O)CNC(=O)c1ccc(NC(C)=O)s1. The number of nitrogens with one attached hydrogen (secondary N) is 2. The Hall–Kier alpha value is -1.89. The molecule has 98 valence electrons. The number of anilines is 1. The van der Waals surface area contributed by atoms with E-state index in [-0.39, 0.29) is 25.0 Å². The van der Waals surface area contributed by atoms with Crippen molar-refractivity contribution in [2.45, 2.75) is 13.8 Å². The van der Waals surface area contributed by atoms with Gasteiger partial charge in [0.15, 0.2) is 0 Å². The highest BCUT2D eigenvalue weighted by Gasteiger charge is 2.11. The lowest BCUT2D eigenvalue weighted by Gasteiger charge is -2.03. The number of amides is 2. The van der Waals surface area contributed by atoms with Gasteiger partial charge in [-0.1, -0.05) is 0 Å². The number of carbonyl (C=O) groups is 3. The van der Waals surface area contributed by atoms with Crippen LogP contribution in [-0.2, 0) is 14.3 Å². The van der Waals surface area contributed by atoms with Gasteiger partial charge in [-0.2, -0.15) is 0 Å². The highest BCUT2D eigenvalue weighted by atomic mass is 32.1. The monoisotopic (exact) mass is 270 g/mol. The van der Waals surface area contributed by atoms with E-state index in [2.05, 4.69) is 15.4 Å². The van der Waals surface area contributed by atoms with E-state index in [1.807, 2.05) is 0 Å². The van der Waals surface area contributed by atoms with Gasteiger partial charge < -0.3 is 15.4 Å². The molecule has 1 rings (SSSR count). The summed E-state index contributed by atoms with van der Waals surface area (Å²) in [4.78, 5) is 33.9. The van der Waals surface area contributed by atoms with Crippen LogP contribution in [0.3, 0.4) is 0 Å². The third-order valence-electron chi connectivity index (χ3n) is 1.83. The highest BCUT2D eigenvalue weighted by Crippen LogP contribution is 2.21. The number of rotatable bonds is 5. The lowest BCUT2D eigenvalue weighted by molar-refractivity contribution is -0.141. The molecule has 0 saturated heterocycles. The van der Waals surface area contributed by atoms with Crippen LogP contribution in [0, 0.1) is 0 Å². The van der Waals surface area contributed by atoms with Gasteiger partial charge in [0.05, 0.1) is 16.5 Å². The Bertz CT molecular complexity index is 456. The smallest absolute Gasteiger partial charge is 0.325 e. The molecule has 0 aliphatic rings. The van der Waals surface area contributed by atoms with E-state index < -0.39 is 5.97 Å². The fourth-order valence-electron chi connectivity index (χ4n) is 1.15. The molecule has 0 unspecified atom stereocenters. The van der Waals surface area contributed by atoms with E-state index in [1.165, 1.54) is 6.92 Å². The standard InChI is InChI=1S/C11H14N2O4S/c1-3-17-10(15)6-12-11(16)8-4-5-9(18-8)13-7(2)14/h4-5H,3,6H2,1-2H3,(H,12,16)(H,13,14). The fraction of sp³-hybridized carbons (Fsp3) is 0.364. The molecule has 0 radical (unpaired) electrons. The molecule has 1 aromatic rings. The van der Waals surface area contributed by atoms with E-state index in [0.717, 1.165) is 11.3 Å². The quantitative estimate of drug-likeness (QED) is 0.782. The second-order valence-corrected chi connectivity index (χ2v) is 4.42. The van der Waals surface area contributed by atoms with Crippen LogP contribution >= 0.6 is 11.3 Å². The maximum absolute atomic E-state index is 11.6. The summed E-state index contributed by atoms with van der Waals surface area (Å²) < 4.78 is 4.68. The van der Waals surface area contributed by atoms with E-state index in [1.54, 1.807) is 19.1 Å². The Morgan fingerprint density at radius 2 is 2.06 bits per heavy atom. The first kappa shape index (κ1) is 14.2. The van der Waals surface area contributed by atoms with Crippen molar-refractivity contribution in [1.29, 1.82) is 0 Å². The molecule has 0 saturated carbocycles. The normalized spacial score (nSPS) is 9.67. The summed E-state index contributed by atoms with van der Waals surface area (Å²) in [7, 11) is 0. The molecule has 2 amide bonds. The number of thiophene rings is 1. The summed E-state index contributed by atoms with van der Waals surface area (Å²) in [5.74, 6) is -1.05. The minimum atomic E-state index is -0.482. The van der Waals surface area contributed by atoms with E-state index >= 15 is 0 Å². The first-order valence-corrected chi connectivity index (χ1v) is 6.15. The van der Waals surface area contributed by atoms with Crippen molar-refractivity contribution in [2.24, 2.45) is 0 Å². The van der Waals surface area contributed by atoms with Crippen molar-refractivity contribution in [3.05, 3.63) is 17.0 Å². The molecule has 0 aliphatic carbocycles. The molecule has 18 heavy (non-hydrogen) atoms. The Morgan fingerprint density at radius 1 is 1.33 bits per heavy atom. The van der Waals surface area contributed by atoms with E-state index in [4.69, 9.17) is 0 Å². The molecule has 2 N–H and O–H groups in total. The Labute approximate surface area is 108 Å². The average Bonchev–Trinajstić information content (AvgIpc) is 2.74. The second kappa shape index (κ2) is 6.75. The summed E-state index contributed by atoms with van der Waals surface area (Å²) in [6.45, 7) is 3.19. The predicted octanol–water partition coefficient (Wildman–Crippen LogP) is 0.999. The van der Waals surface area contributed by atoms with Gasteiger partial charge in [0, 0.05) is 6.92 Å². The van der Waals surface area contributed by atoms with Gasteiger partial charge in [0.1, 0.15) is 6.54 Å². The lowest BCUT2D eigenvalue weighted by Crippen LogP contribution is -2.30. The maximum atomic E-state index is 11.6. The molecule has 1 heterocycles. The summed E-state index contributed by atoms with van der Waals surface area (Å²) in [6, 6.07) is 3.21. The largest absolute Gasteiger partial charge is 0.465 e. The first-order valence-electron chi connectivity index (χ1n) is 5.34. The van der Waals surface area contributed by atoms with Crippen molar-refractivity contribution < 1.29 is 19.1 Å². The minimum absolute atomic E-state index is 0.167. The lowest BCUT2D eigenvalue weighted by atomic mass is 10.4. The third-order valence-corrected chi connectivity index (χ3v) is 2.83. The van der Waals surface area contributed by atoms with Gasteiger partial charge in [-0.15, -0.1) is 11.3 Å². The molecule has 1 aromatic heterocycles. The van der Waals surface area contributed by atoms with Crippen molar-refractivity contribution in [1.82, 2.24) is 5.32 Å². The van der Waals surface area contributed by atoms with Gasteiger partial charge in [0.2, 0.25) is 5.91 Å². The zero-order chi connectivity index (χ0) is 13.5. The summed E-state index contributed by atoms with van der Waals surface area (Å²) in [5, 5.41) is 5.59. The van der Waals surface area contributed by atoms with Crippen molar-refractivity contribution in [3.63, 3.8) is 0 Å². The molecule has 7 heteroatoms. The van der Waals surface area contributed by atoms with E-state index in [9.17, 15) is 14.4 Å². The highest BCUT2D eigenvalue weighted by molar-refractivity contribution is 7.18. The topological polar surface area (TPSA) is 84.5 Å². The van der Waals surface area contributed by atoms with Crippen molar-refractivity contribution >= 4 is 34.1 Å². The van der Waals surface area contributed by atoms with Gasteiger partial charge in [-0.25, -0.2) is 0 Å². The molecule has 0 fully saturated rings. The van der Waals surface area contributed by atoms with Crippen LogP contribution in [0.1, 0.15) is 23.5 Å². The zero-order valence-corrected chi connectivity index (χ0v) is 10.9. The summed E-state index contributed by atoms with van der Waals surface area (Å²) in [6.07, 6.45) is 0. The van der Waals surface area contributed by atoms with Crippen LogP contribution < -0.4 is 10.6 Å². The Balaban J connectivity index is 2.49. The Morgan fingerprint density at radius 3 is 2.67 bits per heavy atom. The second-order valence-electron chi connectivity index (χ2n) is 3.33. The number of hydrogen-bond donors (Lipinski definition) is 2. The van der Waals surface area contributed by atoms with Crippen LogP contribution in [0.25, 0.3) is 0 Å². The van der Waals surface area contributed by atoms with Crippen LogP contribution in [0.2, 0.25) is 0 Å². The Kier molecular flexibility index (Phi) is 5.31. The van der Waals surface area contributed by atoms with Crippen LogP contribution in [0.4, 0.5) is 5.00 Å². The maximum Gasteiger partial charge on any atom is 0.325 e. The van der Waals surface area contributed by atoms with Crippen LogP contribution in [0.15, 0.2) is 12.1 Å². The number of hydrogen-bond acceptors (Lipinski definition) is 5. The summed E-state index contributed by atoms with van der Waals surface area (Å²) >= 11 is 1.14. The molecule has 0 spiro atoms. The van der Waals surface area contributed by atoms with Crippen LogP contribution in [-0.4, -0.2) is 30.9 Å². The van der Waals surface area contributed by atoms with Crippen molar-refractivity contribution in [2.75, 3.05) is 18.5 Å². The minimum Gasteiger partial charge on any atom is -0.465 e. The zero-order valence-electron chi connectivity index (χ0n) is 10.1. The average molecular weight is 270 g/mol. The number of esters is 1. The third kappa shape index (κ3) is 4.54. The van der Waals surface area contributed by atoms with Gasteiger partial charge in [-0.05, 0) is 19.1 Å². The van der Waals surface area contributed by atoms with Gasteiger partial charge >= 0.3 is 5.97 Å². The van der Waals surface area contributed by atoms with E-state index in [0.29, 0.717) is 9.88 Å². The molecule has 0 bridgehead atoms. The van der Waals surface area contributed by atoms with Crippen LogP contribution in [0.5, 0.6) is 0 Å². The molecule has 0 atom stereocenters. The molecule has 6 nitrogen and oxygen atoms in total. The fourth-order valence-corrected chi connectivity index (χ4v) is 2.02. The molecule has 0 aliphatic heterocycles. The summed E-state index contributed by atoms with van der Waals surface area (Å²) in [5.41, 5.74) is 0. The molecule has 0 aromatic carbocycles. The molecular weight excluding hydrogens is 256 g/mol. The number of ether oxygens (including phenoxy) is 1.